The number of nitrogen functional groups attached to an aromatic ring is 4. The van der Waals surface area contributed by atoms with Crippen LogP contribution in [-0.4, -0.2) is 189 Å². The fraction of sp³-hybridized carbons (Fsp3) is 0.600. The van der Waals surface area contributed by atoms with E-state index in [0.717, 1.165) is 23.5 Å². The van der Waals surface area contributed by atoms with Crippen LogP contribution in [0.4, 0.5) is 32.3 Å². The van der Waals surface area contributed by atoms with Crippen LogP contribution in [0.2, 0.25) is 18.1 Å². The number of phosphoric acid groups is 4. The number of H-pyrrole nitrogens is 2. The summed E-state index contributed by atoms with van der Waals surface area (Å²) in [7, 11) is -23.5. The van der Waals surface area contributed by atoms with Crippen LogP contribution in [0.25, 0.3) is 44.7 Å². The summed E-state index contributed by atoms with van der Waals surface area (Å²) in [5.74, 6) is -1.52. The maximum Gasteiger partial charge on any atom is 1.00 e. The van der Waals surface area contributed by atoms with Crippen molar-refractivity contribution in [2.45, 2.75) is 137 Å². The van der Waals surface area contributed by atoms with Crippen molar-refractivity contribution in [3.63, 3.8) is 0 Å². The molecule has 16 rings (SSSR count). The number of aromatic nitrogens is 16. The molecule has 0 radical (unpaired) electrons. The van der Waals surface area contributed by atoms with Gasteiger partial charge in [0.2, 0.25) is 11.9 Å². The van der Waals surface area contributed by atoms with Gasteiger partial charge in [0.05, 0.1) is 69.9 Å². The first kappa shape index (κ1) is 74.6. The predicted molar refractivity (Wildman–Crippen MR) is 328 cm³/mol. The molecule has 51 heteroatoms. The number of aromatic amines is 2. The molecule has 4 unspecified atom stereocenters. The SMILES string of the molecule is CC(C)(C)[Si](C)(C)O[C@H]1[C@H](n2cnc3c(=O)[nH]c(N)nc32)[C@H]2C[C@@]23COP(=O)(O)O[C@H]2[C@@H](F)[C@H](n4cnc5c(N)ncnc54)O[C@@H]2COP(=O)(O)O[C@@H]13.Nc1nc2c(ncn2[C@H]2[C@H](O)[C@@H]3OP(=O)([O-])OC[C@H]4O[C@@H](n5cnc6c(N)ncnc65)[C@H](F)[C@@H]4OP(=O)([O-])OC[C@@]34C[C@H]24)c(=O)[nH]1.[Na+].[Na+]. The average Bonchev–Trinajstić information content (AvgIpc) is 1.51. The van der Waals surface area contributed by atoms with Gasteiger partial charge in [0, 0.05) is 10.8 Å². The minimum Gasteiger partial charge on any atom is -0.756 e. The predicted octanol–water partition coefficient (Wildman–Crippen LogP) is -5.63. The summed E-state index contributed by atoms with van der Waals surface area (Å²) < 4.78 is 153. The molecule has 8 aliphatic rings. The van der Waals surface area contributed by atoms with Gasteiger partial charge in [-0.05, 0) is 42.8 Å². The molecule has 0 bridgehead atoms. The van der Waals surface area contributed by atoms with Crippen LogP contribution in [0.3, 0.4) is 0 Å². The third-order valence-electron chi connectivity index (χ3n) is 20.0. The zero-order valence-electron chi connectivity index (χ0n) is 54.2. The van der Waals surface area contributed by atoms with E-state index in [2.05, 4.69) is 59.8 Å². The summed E-state index contributed by atoms with van der Waals surface area (Å²) in [6.07, 6.45) is -12.3. The topological polar surface area (TPSA) is 595 Å². The molecule has 8 aromatic heterocycles. The molecule has 4 saturated carbocycles. The molecule has 4 aliphatic carbocycles. The molecule has 0 aromatic carbocycles. The van der Waals surface area contributed by atoms with Gasteiger partial charge in [0.1, 0.15) is 66.4 Å². The second-order valence-electron chi connectivity index (χ2n) is 26.8. The van der Waals surface area contributed by atoms with Crippen molar-refractivity contribution in [3.05, 3.63) is 58.7 Å². The van der Waals surface area contributed by atoms with Crippen LogP contribution in [0, 0.1) is 22.7 Å². The van der Waals surface area contributed by atoms with E-state index in [1.54, 1.807) is 4.57 Å². The Labute approximate surface area is 610 Å². The minimum atomic E-state index is -5.33. The number of ether oxygens (including phenoxy) is 2. The van der Waals surface area contributed by atoms with E-state index in [0.29, 0.717) is 0 Å². The van der Waals surface area contributed by atoms with Crippen LogP contribution in [-0.2, 0) is 68.3 Å². The number of phosphoric ester groups is 4. The van der Waals surface area contributed by atoms with E-state index < -0.39 is 186 Å². The van der Waals surface area contributed by atoms with Crippen molar-refractivity contribution >= 4 is 108 Å². The van der Waals surface area contributed by atoms with Gasteiger partial charge in [0.25, 0.3) is 26.8 Å². The number of rotatable bonds is 6. The zero-order chi connectivity index (χ0) is 70.4. The fourth-order valence-corrected chi connectivity index (χ4v) is 19.5. The Hall–Kier alpha value is -4.64. The van der Waals surface area contributed by atoms with Gasteiger partial charge >= 0.3 is 74.8 Å². The van der Waals surface area contributed by atoms with Crippen LogP contribution >= 0.6 is 31.3 Å². The smallest absolute Gasteiger partial charge is 0.756 e. The third-order valence-corrected chi connectivity index (χ3v) is 28.3. The standard InChI is InChI=1S/C28H39FN10O11P2Si.C22H25FN10O11P2.2Na/c1-27(2,3)53(4,5)50-19-17(38-10-35-16-23(38)36-26(31)37-24(16)40)12-6-28(12)8-46-52(43,44)48-18-13(7-45-51(41,42)49-20(19)28)47-25(14(18)29)39-11-34-15-21(30)32-9-33-22(15)39;23-9-14-8(42-20(9)33-6-28-10-16(24)26-4-27-17(10)33)2-40-45(36,37)44-15-13(34)12(7-1-22(7,15)3-41-46(38,39)43-14)32-5-29-11-18(32)30-21(25)31-19(11)35;;/h9-14,17-20,25H,6-8H2,1-5H3,(H,41,42)(H,43,44)(H2,30,32,33)(H3,31,36,37,40);4-9,12-15,20,34H,1-3H2,(H,36,37)(H,38,39)(H2,24,26,27)(H3,25,30,31,35);;/q;;2*+1/p-2/t12-,13-,14-,17-,18-,19+,20+,25-,28-;7-,8-,9-,12-,13+,14-,15+,20-,22-;;/m11../s1. The molecular weight excluding hydrogens is 1470 g/mol. The van der Waals surface area contributed by atoms with Crippen molar-refractivity contribution < 1.29 is 161 Å². The Kier molecular flexibility index (Phi) is 19.3. The number of imidazole rings is 4. The molecule has 8 fully saturated rings. The molecule has 12 heterocycles. The van der Waals surface area contributed by atoms with Crippen molar-refractivity contribution in [1.29, 1.82) is 0 Å². The second kappa shape index (κ2) is 26.1. The van der Waals surface area contributed by atoms with E-state index >= 15 is 8.78 Å². The summed E-state index contributed by atoms with van der Waals surface area (Å²) in [6.45, 7) is 7.01. The number of hydrogen-bond donors (Lipinski definition) is 9. The van der Waals surface area contributed by atoms with Crippen LogP contribution in [0.5, 0.6) is 0 Å². The first-order chi connectivity index (χ1) is 46.5. The third kappa shape index (κ3) is 12.9. The molecule has 534 valence electrons. The number of hydrogen-bond acceptors (Lipinski definition) is 34. The number of anilines is 4. The number of aliphatic hydroxyl groups excluding tert-OH is 1. The Morgan fingerprint density at radius 1 is 0.604 bits per heavy atom. The van der Waals surface area contributed by atoms with Gasteiger partial charge in [-0.15, -0.1) is 0 Å². The molecule has 42 nitrogen and oxygen atoms in total. The Balaban J connectivity index is 0.000000179. The summed E-state index contributed by atoms with van der Waals surface area (Å²) in [5, 5.41) is 11.0. The monoisotopic (exact) mass is 1530 g/mol. The van der Waals surface area contributed by atoms with E-state index in [1.807, 2.05) is 33.9 Å². The maximum atomic E-state index is 16.2. The van der Waals surface area contributed by atoms with Gasteiger partial charge in [-0.25, -0.2) is 57.8 Å². The Morgan fingerprint density at radius 3 is 1.58 bits per heavy atom. The molecule has 22 atom stereocenters. The minimum absolute atomic E-state index is 0. The molecule has 4 aliphatic heterocycles. The van der Waals surface area contributed by atoms with Crippen LogP contribution < -0.4 is 103 Å². The van der Waals surface area contributed by atoms with Gasteiger partial charge in [-0.2, -0.15) is 9.97 Å². The van der Waals surface area contributed by atoms with E-state index in [1.165, 1.54) is 28.1 Å². The van der Waals surface area contributed by atoms with Gasteiger partial charge < -0.3 is 88.7 Å². The second-order valence-corrected chi connectivity index (χ2v) is 37.1. The number of alkyl halides is 2. The Bertz CT molecular complexity index is 4930. The maximum absolute atomic E-state index is 16.2. The van der Waals surface area contributed by atoms with Crippen molar-refractivity contribution in [3.8, 4) is 0 Å². The van der Waals surface area contributed by atoms with Gasteiger partial charge in [-0.3, -0.25) is 55.9 Å². The number of halogens is 2. The number of fused-ring (bicyclic) bond motifs is 6. The van der Waals surface area contributed by atoms with Crippen LogP contribution in [0.1, 0.15) is 58.2 Å². The van der Waals surface area contributed by atoms with Crippen molar-refractivity contribution in [2.75, 3.05) is 49.4 Å². The Morgan fingerprint density at radius 2 is 1.05 bits per heavy atom. The van der Waals surface area contributed by atoms with Crippen molar-refractivity contribution in [1.82, 2.24) is 78.1 Å². The first-order valence-electron chi connectivity index (χ1n) is 30.4. The molecule has 2 spiro atoms. The average molecular weight is 1530 g/mol. The molecule has 0 amide bonds. The van der Waals surface area contributed by atoms with Gasteiger partial charge in [-0.1, -0.05) is 20.8 Å². The van der Waals surface area contributed by atoms with E-state index in [-0.39, 0.29) is 145 Å². The van der Waals surface area contributed by atoms with E-state index in [9.17, 15) is 52.5 Å². The summed E-state index contributed by atoms with van der Waals surface area (Å²) >= 11 is 0. The summed E-state index contributed by atoms with van der Waals surface area (Å²) in [4.78, 5) is 119. The van der Waals surface area contributed by atoms with Crippen LogP contribution in [0.15, 0.2) is 47.6 Å². The number of nitrogens with two attached hydrogens (primary N) is 4. The normalized spacial score (nSPS) is 38.6. The number of aliphatic hydroxyl groups is 1. The number of nitrogens with zero attached hydrogens (tertiary/aromatic N) is 14. The summed E-state index contributed by atoms with van der Waals surface area (Å²) in [5.41, 5.74) is 19.9. The summed E-state index contributed by atoms with van der Waals surface area (Å²) in [6, 6.07) is -1.73. The first-order valence-corrected chi connectivity index (χ1v) is 39.2. The quantitative estimate of drug-likeness (QED) is 0.0553. The van der Waals surface area contributed by atoms with Gasteiger partial charge in [0.15, 0.2) is 78.4 Å². The largest absolute Gasteiger partial charge is 1.00 e. The molecular formula is C50H62F2N20Na2O22P4Si. The zero-order valence-corrected chi connectivity index (χ0v) is 62.7. The van der Waals surface area contributed by atoms with E-state index in [4.69, 9.17) is 73.0 Å². The molecule has 13 N–H and O–H groups in total. The molecule has 101 heavy (non-hydrogen) atoms. The van der Waals surface area contributed by atoms with Crippen molar-refractivity contribution in [2.24, 2.45) is 22.7 Å². The number of nitrogens with one attached hydrogen (secondary N) is 2. The molecule has 8 aromatic rings. The fourth-order valence-electron chi connectivity index (χ4n) is 14.2. The molecule has 4 saturated heterocycles.